The molecular formula is C45H42O7. The van der Waals surface area contributed by atoms with Crippen LogP contribution in [0.2, 0.25) is 0 Å². The van der Waals surface area contributed by atoms with Gasteiger partial charge in [-0.05, 0) is 66.6 Å². The number of terminal acetylenes is 4. The van der Waals surface area contributed by atoms with Crippen LogP contribution in [0, 0.1) is 56.3 Å². The molecule has 264 valence electrons. The van der Waals surface area contributed by atoms with Gasteiger partial charge in [0.25, 0.3) is 0 Å². The molecule has 4 rings (SSSR count). The Balaban J connectivity index is 1.80. The molecule has 0 spiro atoms. The maximum atomic E-state index is 13.1. The van der Waals surface area contributed by atoms with Crippen molar-refractivity contribution >= 4 is 5.78 Å². The van der Waals surface area contributed by atoms with Crippen LogP contribution < -0.4 is 14.2 Å². The molecule has 0 fully saturated rings. The molecule has 7 heteroatoms. The van der Waals surface area contributed by atoms with Gasteiger partial charge in [0.05, 0.1) is 26.9 Å². The van der Waals surface area contributed by atoms with Crippen molar-refractivity contribution in [1.29, 1.82) is 0 Å². The van der Waals surface area contributed by atoms with Gasteiger partial charge in [0.15, 0.2) is 17.3 Å². The molecule has 0 amide bonds. The number of carbonyl (C=O) groups is 1. The second kappa shape index (κ2) is 18.9. The number of hydrogen-bond acceptors (Lipinski definition) is 7. The smallest absolute Gasteiger partial charge is 0.193 e. The fraction of sp³-hybridized carbons (Fsp3) is 0.267. The molecule has 0 unspecified atom stereocenters. The van der Waals surface area contributed by atoms with Crippen LogP contribution in [0.3, 0.4) is 0 Å². The molecule has 52 heavy (non-hydrogen) atoms. The van der Waals surface area contributed by atoms with E-state index in [0.717, 1.165) is 33.4 Å². The molecule has 0 radical (unpaired) electrons. The highest BCUT2D eigenvalue weighted by Gasteiger charge is 2.29. The topological polar surface area (TPSA) is 72.5 Å². The van der Waals surface area contributed by atoms with Gasteiger partial charge in [-0.2, -0.15) is 0 Å². The number of rotatable bonds is 18. The summed E-state index contributed by atoms with van der Waals surface area (Å²) >= 11 is 0. The largest absolute Gasteiger partial charge is 0.492 e. The summed E-state index contributed by atoms with van der Waals surface area (Å²) < 4.78 is 35.6. The lowest BCUT2D eigenvalue weighted by molar-refractivity contribution is 0.103. The summed E-state index contributed by atoms with van der Waals surface area (Å²) in [7, 11) is 1.56. The number of ketones is 1. The average Bonchev–Trinajstić information content (AvgIpc) is 3.15. The van der Waals surface area contributed by atoms with E-state index in [-0.39, 0.29) is 52.0 Å². The maximum Gasteiger partial charge on any atom is 0.193 e. The zero-order valence-electron chi connectivity index (χ0n) is 30.0. The summed E-state index contributed by atoms with van der Waals surface area (Å²) in [5, 5.41) is 0. The van der Waals surface area contributed by atoms with Crippen LogP contribution in [0.1, 0.15) is 63.1 Å². The Bertz CT molecular complexity index is 1970. The summed E-state index contributed by atoms with van der Waals surface area (Å²) in [4.78, 5) is 13.1. The summed E-state index contributed by atoms with van der Waals surface area (Å²) in [5.74, 6) is 12.0. The molecule has 0 atom stereocenters. The highest BCUT2D eigenvalue weighted by Crippen LogP contribution is 2.43. The molecule has 0 aliphatic rings. The van der Waals surface area contributed by atoms with E-state index >= 15 is 0 Å². The van der Waals surface area contributed by atoms with Crippen molar-refractivity contribution in [1.82, 2.24) is 0 Å². The van der Waals surface area contributed by atoms with Crippen LogP contribution in [0.5, 0.6) is 23.0 Å². The van der Waals surface area contributed by atoms with Gasteiger partial charge in [-0.1, -0.05) is 67.4 Å². The van der Waals surface area contributed by atoms with Gasteiger partial charge in [0.1, 0.15) is 37.9 Å². The first-order chi connectivity index (χ1) is 25.2. The van der Waals surface area contributed by atoms with Crippen molar-refractivity contribution < 1.29 is 33.2 Å². The molecule has 0 heterocycles. The van der Waals surface area contributed by atoms with E-state index in [9.17, 15) is 4.79 Å². The van der Waals surface area contributed by atoms with E-state index in [1.54, 1.807) is 31.4 Å². The second-order valence-electron chi connectivity index (χ2n) is 12.3. The minimum Gasteiger partial charge on any atom is -0.492 e. The lowest BCUT2D eigenvalue weighted by Gasteiger charge is -2.30. The molecule has 0 aromatic heterocycles. The van der Waals surface area contributed by atoms with Crippen LogP contribution >= 0.6 is 0 Å². The van der Waals surface area contributed by atoms with Gasteiger partial charge in [0.2, 0.25) is 0 Å². The summed E-state index contributed by atoms with van der Waals surface area (Å²) in [6, 6.07) is 22.4. The first-order valence-electron chi connectivity index (χ1n) is 16.5. The van der Waals surface area contributed by atoms with E-state index in [4.69, 9.17) is 54.1 Å². The number of hydrogen-bond donors (Lipinski definition) is 0. The van der Waals surface area contributed by atoms with Crippen molar-refractivity contribution in [2.75, 3.05) is 33.5 Å². The van der Waals surface area contributed by atoms with Crippen LogP contribution in [0.15, 0.2) is 72.8 Å². The standard InChI is InChI=1S/C45H42O7/c1-9-21-48-29-35-25-38(45(6,7)39-27-37(31-50-23-11-3)44(47-8)41(28-39)51-24-12-4)26-36(30-49-22-10-2)43(35)52-40-19-17-34(18-20-40)42(46)33-15-13-32(5)14-16-33/h1-4,13-20,25-28H,21-24,29-31H2,5-8H3. The molecule has 0 saturated heterocycles. The molecule has 0 N–H and O–H groups in total. The quantitative estimate of drug-likeness (QED) is 0.0598. The Hall–Kier alpha value is -5.93. The van der Waals surface area contributed by atoms with Crippen molar-refractivity contribution in [2.45, 2.75) is 46.0 Å². The van der Waals surface area contributed by atoms with Crippen molar-refractivity contribution in [2.24, 2.45) is 0 Å². The number of carbonyl (C=O) groups excluding carboxylic acids is 1. The van der Waals surface area contributed by atoms with E-state index in [1.807, 2.05) is 55.5 Å². The monoisotopic (exact) mass is 694 g/mol. The van der Waals surface area contributed by atoms with Crippen LogP contribution in [-0.2, 0) is 39.4 Å². The lowest BCUT2D eigenvalue weighted by atomic mass is 9.76. The van der Waals surface area contributed by atoms with Gasteiger partial charge >= 0.3 is 0 Å². The van der Waals surface area contributed by atoms with Crippen LogP contribution in [-0.4, -0.2) is 39.3 Å². The van der Waals surface area contributed by atoms with Gasteiger partial charge in [-0.25, -0.2) is 0 Å². The zero-order valence-corrected chi connectivity index (χ0v) is 30.0. The number of aryl methyl sites for hydroxylation is 1. The Morgan fingerprint density at radius 3 is 1.54 bits per heavy atom. The van der Waals surface area contributed by atoms with Crippen molar-refractivity contribution in [3.05, 3.63) is 117 Å². The van der Waals surface area contributed by atoms with E-state index in [1.165, 1.54) is 0 Å². The molecule has 4 aromatic carbocycles. The first-order valence-corrected chi connectivity index (χ1v) is 16.5. The van der Waals surface area contributed by atoms with Gasteiger partial charge < -0.3 is 28.4 Å². The van der Waals surface area contributed by atoms with E-state index in [2.05, 4.69) is 37.5 Å². The molecular weight excluding hydrogens is 652 g/mol. The van der Waals surface area contributed by atoms with E-state index in [0.29, 0.717) is 34.1 Å². The highest BCUT2D eigenvalue weighted by atomic mass is 16.5. The lowest BCUT2D eigenvalue weighted by Crippen LogP contribution is -2.21. The fourth-order valence-corrected chi connectivity index (χ4v) is 5.54. The number of ether oxygens (including phenoxy) is 6. The third kappa shape index (κ3) is 9.86. The SMILES string of the molecule is C#CCOCc1cc(C(C)(C)c2cc(COCC#C)c(OC)c(OCC#C)c2)cc(COCC#C)c1Oc1ccc(C(=O)c2ccc(C)cc2)cc1. The Morgan fingerprint density at radius 1 is 0.635 bits per heavy atom. The van der Waals surface area contributed by atoms with Gasteiger partial charge in [0, 0.05) is 33.2 Å². The predicted octanol–water partition coefficient (Wildman–Crippen LogP) is 7.81. The first kappa shape index (κ1) is 38.9. The van der Waals surface area contributed by atoms with Crippen molar-refractivity contribution in [3.8, 4) is 72.4 Å². The number of benzene rings is 4. The average molecular weight is 695 g/mol. The third-order valence-electron chi connectivity index (χ3n) is 8.31. The molecule has 0 bridgehead atoms. The highest BCUT2D eigenvalue weighted by molar-refractivity contribution is 6.09. The minimum atomic E-state index is -0.625. The fourth-order valence-electron chi connectivity index (χ4n) is 5.54. The van der Waals surface area contributed by atoms with Crippen molar-refractivity contribution in [3.63, 3.8) is 0 Å². The maximum absolute atomic E-state index is 13.1. The summed E-state index contributed by atoms with van der Waals surface area (Å²) in [6.07, 6.45) is 22.0. The molecule has 0 aliphatic heterocycles. The second-order valence-corrected chi connectivity index (χ2v) is 12.3. The zero-order chi connectivity index (χ0) is 37.5. The summed E-state index contributed by atoms with van der Waals surface area (Å²) in [5.41, 5.74) is 5.63. The minimum absolute atomic E-state index is 0.0470. The molecule has 4 aromatic rings. The van der Waals surface area contributed by atoms with Crippen LogP contribution in [0.4, 0.5) is 0 Å². The van der Waals surface area contributed by atoms with Gasteiger partial charge in [-0.15, -0.1) is 25.7 Å². The molecule has 0 saturated carbocycles. The Labute approximate surface area is 307 Å². The normalized spacial score (nSPS) is 10.7. The Kier molecular flexibility index (Phi) is 14.1. The molecule has 7 nitrogen and oxygen atoms in total. The summed E-state index contributed by atoms with van der Waals surface area (Å²) in [6.45, 7) is 7.03. The van der Waals surface area contributed by atoms with Crippen LogP contribution in [0.25, 0.3) is 0 Å². The number of methoxy groups -OCH3 is 1. The van der Waals surface area contributed by atoms with E-state index < -0.39 is 5.41 Å². The third-order valence-corrected chi connectivity index (χ3v) is 8.31. The molecule has 0 aliphatic carbocycles. The Morgan fingerprint density at radius 2 is 1.08 bits per heavy atom. The predicted molar refractivity (Wildman–Crippen MR) is 202 cm³/mol. The van der Waals surface area contributed by atoms with Gasteiger partial charge in [-0.3, -0.25) is 4.79 Å².